The number of rotatable bonds is 5. The lowest BCUT2D eigenvalue weighted by molar-refractivity contribution is -0.0330. The van der Waals surface area contributed by atoms with Crippen LogP contribution in [-0.4, -0.2) is 26.3 Å². The molecule has 0 spiro atoms. The van der Waals surface area contributed by atoms with E-state index in [1.54, 1.807) is 4.90 Å². The third-order valence-electron chi connectivity index (χ3n) is 2.44. The summed E-state index contributed by atoms with van der Waals surface area (Å²) in [6.45, 7) is 4.24. The molecule has 0 amide bonds. The van der Waals surface area contributed by atoms with E-state index in [0.29, 0.717) is 6.54 Å². The second kappa shape index (κ2) is 5.80. The zero-order valence-corrected chi connectivity index (χ0v) is 9.78. The van der Waals surface area contributed by atoms with Gasteiger partial charge < -0.3 is 9.64 Å². The fourth-order valence-electron chi connectivity index (χ4n) is 1.68. The maximum atomic E-state index is 12.8. The molecule has 0 bridgehead atoms. The highest BCUT2D eigenvalue weighted by Gasteiger charge is 2.26. The van der Waals surface area contributed by atoms with Crippen molar-refractivity contribution in [2.45, 2.75) is 26.5 Å². The van der Waals surface area contributed by atoms with Crippen LogP contribution in [0.5, 0.6) is 0 Å². The summed E-state index contributed by atoms with van der Waals surface area (Å²) in [4.78, 5) is 1.55. The molecule has 0 saturated heterocycles. The van der Waals surface area contributed by atoms with Gasteiger partial charge in [0.25, 0.3) is 6.43 Å². The predicted molar refractivity (Wildman–Crippen MR) is 61.0 cm³/mol. The van der Waals surface area contributed by atoms with Gasteiger partial charge >= 0.3 is 0 Å². The number of halogens is 2. The molecule has 1 atom stereocenters. The topological polar surface area (TPSA) is 12.5 Å². The molecule has 4 heteroatoms. The zero-order valence-electron chi connectivity index (χ0n) is 9.78. The summed E-state index contributed by atoms with van der Waals surface area (Å²) in [6.07, 6.45) is -3.71. The maximum absolute atomic E-state index is 12.8. The number of hydrogen-bond donors (Lipinski definition) is 0. The molecule has 0 radical (unpaired) electrons. The van der Waals surface area contributed by atoms with Gasteiger partial charge in [-0.1, -0.05) is 12.1 Å². The maximum Gasteiger partial charge on any atom is 0.282 e. The molecule has 1 aromatic carbocycles. The van der Waals surface area contributed by atoms with E-state index in [9.17, 15) is 8.78 Å². The third kappa shape index (κ3) is 2.92. The minimum absolute atomic E-state index is 0.478. The molecule has 0 heterocycles. The van der Waals surface area contributed by atoms with E-state index < -0.39 is 12.7 Å². The number of alkyl halides is 2. The fourth-order valence-corrected chi connectivity index (χ4v) is 1.68. The molecule has 90 valence electrons. The summed E-state index contributed by atoms with van der Waals surface area (Å²) in [5.41, 5.74) is 1.80. The Morgan fingerprint density at radius 1 is 1.38 bits per heavy atom. The first kappa shape index (κ1) is 12.9. The minimum Gasteiger partial charge on any atom is -0.356 e. The van der Waals surface area contributed by atoms with Crippen LogP contribution in [0.2, 0.25) is 0 Å². The van der Waals surface area contributed by atoms with Crippen molar-refractivity contribution in [1.29, 1.82) is 0 Å². The SMILES string of the molecule is CCN(c1cccc(C)c1)C(OC)C(F)F. The number of aryl methyl sites for hydroxylation is 1. The van der Waals surface area contributed by atoms with Gasteiger partial charge in [0, 0.05) is 19.3 Å². The van der Waals surface area contributed by atoms with Crippen LogP contribution in [-0.2, 0) is 4.74 Å². The van der Waals surface area contributed by atoms with Gasteiger partial charge in [-0.05, 0) is 31.5 Å². The average molecular weight is 229 g/mol. The van der Waals surface area contributed by atoms with Gasteiger partial charge in [-0.2, -0.15) is 0 Å². The Kier molecular flexibility index (Phi) is 4.68. The number of methoxy groups -OCH3 is 1. The Hall–Kier alpha value is -1.16. The lowest BCUT2D eigenvalue weighted by Crippen LogP contribution is -2.41. The van der Waals surface area contributed by atoms with Crippen LogP contribution < -0.4 is 4.90 Å². The highest BCUT2D eigenvalue weighted by atomic mass is 19.3. The van der Waals surface area contributed by atoms with Gasteiger partial charge in [0.15, 0.2) is 6.23 Å². The summed E-state index contributed by atoms with van der Waals surface area (Å²) in [5.74, 6) is 0. The predicted octanol–water partition coefficient (Wildman–Crippen LogP) is 3.06. The molecule has 16 heavy (non-hydrogen) atoms. The van der Waals surface area contributed by atoms with Crippen LogP contribution in [0, 0.1) is 6.92 Å². The van der Waals surface area contributed by atoms with Crippen LogP contribution in [0.25, 0.3) is 0 Å². The van der Waals surface area contributed by atoms with E-state index in [2.05, 4.69) is 0 Å². The van der Waals surface area contributed by atoms with E-state index in [0.717, 1.165) is 11.3 Å². The second-order valence-electron chi connectivity index (χ2n) is 3.59. The summed E-state index contributed by atoms with van der Waals surface area (Å²) in [6, 6.07) is 7.47. The minimum atomic E-state index is -2.52. The molecule has 0 saturated carbocycles. The lowest BCUT2D eigenvalue weighted by atomic mass is 10.2. The normalized spacial score (nSPS) is 12.9. The molecule has 1 rings (SSSR count). The van der Waals surface area contributed by atoms with Crippen LogP contribution >= 0.6 is 0 Å². The van der Waals surface area contributed by atoms with E-state index in [1.807, 2.05) is 38.1 Å². The average Bonchev–Trinajstić information content (AvgIpc) is 2.25. The second-order valence-corrected chi connectivity index (χ2v) is 3.59. The van der Waals surface area contributed by atoms with Crippen LogP contribution in [0.3, 0.4) is 0 Å². The zero-order chi connectivity index (χ0) is 12.1. The molecule has 0 aliphatic carbocycles. The first-order chi connectivity index (χ1) is 7.60. The van der Waals surface area contributed by atoms with Crippen molar-refractivity contribution in [2.75, 3.05) is 18.6 Å². The fraction of sp³-hybridized carbons (Fsp3) is 0.500. The molecule has 0 aromatic heterocycles. The van der Waals surface area contributed by atoms with Crippen LogP contribution in [0.15, 0.2) is 24.3 Å². The van der Waals surface area contributed by atoms with E-state index in [-0.39, 0.29) is 0 Å². The van der Waals surface area contributed by atoms with Gasteiger partial charge in [-0.25, -0.2) is 8.78 Å². The quantitative estimate of drug-likeness (QED) is 0.719. The highest BCUT2D eigenvalue weighted by molar-refractivity contribution is 5.48. The number of hydrogen-bond acceptors (Lipinski definition) is 2. The molecular weight excluding hydrogens is 212 g/mol. The molecule has 1 aromatic rings. The van der Waals surface area contributed by atoms with Gasteiger partial charge in [-0.3, -0.25) is 0 Å². The Labute approximate surface area is 94.8 Å². The van der Waals surface area contributed by atoms with Gasteiger partial charge in [-0.15, -0.1) is 0 Å². The summed E-state index contributed by atoms with van der Waals surface area (Å²) in [7, 11) is 1.30. The molecule has 0 N–H and O–H groups in total. The molecule has 1 unspecified atom stereocenters. The van der Waals surface area contributed by atoms with Crippen molar-refractivity contribution < 1.29 is 13.5 Å². The Balaban J connectivity index is 2.96. The molecule has 0 aliphatic rings. The largest absolute Gasteiger partial charge is 0.356 e. The third-order valence-corrected chi connectivity index (χ3v) is 2.44. The van der Waals surface area contributed by atoms with Gasteiger partial charge in [0.05, 0.1) is 0 Å². The Bertz CT molecular complexity index is 331. The first-order valence-corrected chi connectivity index (χ1v) is 5.24. The number of benzene rings is 1. The summed E-state index contributed by atoms with van der Waals surface area (Å²) in [5, 5.41) is 0. The molecule has 0 fully saturated rings. The molecule has 2 nitrogen and oxygen atoms in total. The van der Waals surface area contributed by atoms with Gasteiger partial charge in [0.2, 0.25) is 0 Å². The summed E-state index contributed by atoms with van der Waals surface area (Å²) < 4.78 is 30.3. The standard InChI is InChI=1S/C12H17F2NO/c1-4-15(12(16-3)11(13)14)10-7-5-6-9(2)8-10/h5-8,11-12H,4H2,1-3H3. The number of nitrogens with zero attached hydrogens (tertiary/aromatic N) is 1. The van der Waals surface area contributed by atoms with Crippen molar-refractivity contribution >= 4 is 5.69 Å². The van der Waals surface area contributed by atoms with E-state index in [1.165, 1.54) is 7.11 Å². The number of ether oxygens (including phenoxy) is 1. The first-order valence-electron chi connectivity index (χ1n) is 5.24. The summed E-state index contributed by atoms with van der Waals surface area (Å²) >= 11 is 0. The van der Waals surface area contributed by atoms with E-state index in [4.69, 9.17) is 4.74 Å². The monoisotopic (exact) mass is 229 g/mol. The van der Waals surface area contributed by atoms with Crippen molar-refractivity contribution in [1.82, 2.24) is 0 Å². The van der Waals surface area contributed by atoms with Crippen molar-refractivity contribution in [3.05, 3.63) is 29.8 Å². The van der Waals surface area contributed by atoms with Crippen LogP contribution in [0.4, 0.5) is 14.5 Å². The Morgan fingerprint density at radius 2 is 2.06 bits per heavy atom. The van der Waals surface area contributed by atoms with Gasteiger partial charge in [0.1, 0.15) is 0 Å². The molecular formula is C12H17F2NO. The number of anilines is 1. The smallest absolute Gasteiger partial charge is 0.282 e. The lowest BCUT2D eigenvalue weighted by Gasteiger charge is -2.31. The van der Waals surface area contributed by atoms with Crippen molar-refractivity contribution in [3.8, 4) is 0 Å². The van der Waals surface area contributed by atoms with Crippen molar-refractivity contribution in [3.63, 3.8) is 0 Å². The Morgan fingerprint density at radius 3 is 2.50 bits per heavy atom. The van der Waals surface area contributed by atoms with Crippen LogP contribution in [0.1, 0.15) is 12.5 Å². The highest BCUT2D eigenvalue weighted by Crippen LogP contribution is 2.21. The molecule has 0 aliphatic heterocycles. The van der Waals surface area contributed by atoms with Crippen molar-refractivity contribution in [2.24, 2.45) is 0 Å². The van der Waals surface area contributed by atoms with E-state index >= 15 is 0 Å².